The third-order valence-corrected chi connectivity index (χ3v) is 3.57. The van der Waals surface area contributed by atoms with Crippen LogP contribution in [0.2, 0.25) is 0 Å². The highest BCUT2D eigenvalue weighted by atomic mass is 16.1. The number of H-pyrrole nitrogens is 1. The number of hydrogen-bond acceptors (Lipinski definition) is 3. The van der Waals surface area contributed by atoms with Crippen molar-refractivity contribution in [3.8, 4) is 0 Å². The maximum Gasteiger partial charge on any atom is 0.255 e. The molecule has 1 heterocycles. The number of rotatable bonds is 1. The van der Waals surface area contributed by atoms with Crippen LogP contribution >= 0.6 is 0 Å². The summed E-state index contributed by atoms with van der Waals surface area (Å²) < 4.78 is 0. The molecule has 0 aliphatic heterocycles. The van der Waals surface area contributed by atoms with Crippen molar-refractivity contribution in [2.24, 2.45) is 0 Å². The van der Waals surface area contributed by atoms with Gasteiger partial charge in [0.1, 0.15) is 0 Å². The van der Waals surface area contributed by atoms with E-state index >= 15 is 0 Å². The van der Waals surface area contributed by atoms with Gasteiger partial charge in [0, 0.05) is 5.56 Å². The van der Waals surface area contributed by atoms with Gasteiger partial charge < -0.3 is 5.73 Å². The van der Waals surface area contributed by atoms with Gasteiger partial charge >= 0.3 is 0 Å². The first-order chi connectivity index (χ1) is 8.74. The molecular formula is C14H15N3O. The van der Waals surface area contributed by atoms with Crippen molar-refractivity contribution in [3.05, 3.63) is 57.5 Å². The van der Waals surface area contributed by atoms with Gasteiger partial charge in [0.05, 0.1) is 5.69 Å². The summed E-state index contributed by atoms with van der Waals surface area (Å²) in [7, 11) is 0. The summed E-state index contributed by atoms with van der Waals surface area (Å²) in [5, 5.41) is 0. The molecule has 0 saturated heterocycles. The number of aromatic amines is 1. The molecule has 0 spiro atoms. The van der Waals surface area contributed by atoms with Gasteiger partial charge in [0.2, 0.25) is 5.95 Å². The Bertz CT molecular complexity index is 619. The van der Waals surface area contributed by atoms with Crippen LogP contribution in [-0.2, 0) is 12.8 Å². The summed E-state index contributed by atoms with van der Waals surface area (Å²) in [5.41, 5.74) is 8.49. The van der Waals surface area contributed by atoms with E-state index in [1.807, 2.05) is 18.2 Å². The molecule has 1 aliphatic carbocycles. The summed E-state index contributed by atoms with van der Waals surface area (Å²) in [6.07, 6.45) is 2.57. The van der Waals surface area contributed by atoms with E-state index in [4.69, 9.17) is 5.73 Å². The van der Waals surface area contributed by atoms with E-state index in [1.54, 1.807) is 0 Å². The average molecular weight is 241 g/mol. The molecule has 3 N–H and O–H groups in total. The minimum Gasteiger partial charge on any atom is -0.369 e. The fourth-order valence-corrected chi connectivity index (χ4v) is 2.65. The smallest absolute Gasteiger partial charge is 0.255 e. The van der Waals surface area contributed by atoms with Crippen LogP contribution in [0.5, 0.6) is 0 Å². The third kappa shape index (κ3) is 1.90. The monoisotopic (exact) mass is 241 g/mol. The van der Waals surface area contributed by atoms with Crippen LogP contribution < -0.4 is 11.3 Å². The molecule has 0 bridgehead atoms. The van der Waals surface area contributed by atoms with Crippen molar-refractivity contribution >= 4 is 5.95 Å². The Kier molecular flexibility index (Phi) is 2.63. The molecule has 1 aliphatic rings. The molecular weight excluding hydrogens is 226 g/mol. The number of nitrogens with zero attached hydrogens (tertiary/aromatic N) is 1. The van der Waals surface area contributed by atoms with Crippen LogP contribution in [0.3, 0.4) is 0 Å². The number of nitrogens with one attached hydrogen (secondary N) is 1. The highest BCUT2D eigenvalue weighted by Crippen LogP contribution is 2.30. The van der Waals surface area contributed by atoms with E-state index in [-0.39, 0.29) is 11.5 Å². The predicted octanol–water partition coefficient (Wildman–Crippen LogP) is 1.62. The van der Waals surface area contributed by atoms with Gasteiger partial charge in [-0.25, -0.2) is 4.98 Å². The predicted molar refractivity (Wildman–Crippen MR) is 70.5 cm³/mol. The van der Waals surface area contributed by atoms with Crippen LogP contribution in [0.25, 0.3) is 0 Å². The Morgan fingerprint density at radius 1 is 1.28 bits per heavy atom. The molecule has 0 radical (unpaired) electrons. The molecule has 1 atom stereocenters. The Morgan fingerprint density at radius 3 is 2.83 bits per heavy atom. The van der Waals surface area contributed by atoms with Crippen LogP contribution in [0.1, 0.15) is 29.2 Å². The number of benzene rings is 1. The minimum absolute atomic E-state index is 0.0796. The molecule has 4 heteroatoms. The lowest BCUT2D eigenvalue weighted by Gasteiger charge is -2.23. The van der Waals surface area contributed by atoms with E-state index in [0.29, 0.717) is 5.92 Å². The summed E-state index contributed by atoms with van der Waals surface area (Å²) >= 11 is 0. The van der Waals surface area contributed by atoms with Crippen molar-refractivity contribution < 1.29 is 0 Å². The third-order valence-electron chi connectivity index (χ3n) is 3.57. The molecule has 0 amide bonds. The molecule has 1 aromatic carbocycles. The Morgan fingerprint density at radius 2 is 2.06 bits per heavy atom. The second-order valence-corrected chi connectivity index (χ2v) is 4.73. The molecule has 4 nitrogen and oxygen atoms in total. The number of hydrogen-bond donors (Lipinski definition) is 2. The van der Waals surface area contributed by atoms with Crippen LogP contribution in [0.4, 0.5) is 5.95 Å². The zero-order valence-electron chi connectivity index (χ0n) is 10.0. The van der Waals surface area contributed by atoms with Crippen molar-refractivity contribution in [3.63, 3.8) is 0 Å². The molecule has 2 aromatic rings. The minimum atomic E-state index is -0.0796. The summed E-state index contributed by atoms with van der Waals surface area (Å²) in [6, 6.07) is 10.4. The van der Waals surface area contributed by atoms with E-state index in [1.165, 1.54) is 5.56 Å². The fraction of sp³-hybridized carbons (Fsp3) is 0.286. The normalized spacial score (nSPS) is 18.3. The largest absolute Gasteiger partial charge is 0.369 e. The van der Waals surface area contributed by atoms with Crippen molar-refractivity contribution in [2.45, 2.75) is 25.2 Å². The second kappa shape index (κ2) is 4.29. The lowest BCUT2D eigenvalue weighted by Crippen LogP contribution is -2.25. The average Bonchev–Trinajstić information content (AvgIpc) is 2.39. The van der Waals surface area contributed by atoms with Crippen LogP contribution in [0.15, 0.2) is 35.1 Å². The number of nitrogen functional groups attached to an aromatic ring is 1. The highest BCUT2D eigenvalue weighted by molar-refractivity contribution is 5.31. The zero-order chi connectivity index (χ0) is 12.5. The number of aromatic nitrogens is 2. The topological polar surface area (TPSA) is 71.8 Å². The zero-order valence-corrected chi connectivity index (χ0v) is 10.0. The first-order valence-corrected chi connectivity index (χ1v) is 6.16. The Balaban J connectivity index is 1.96. The number of anilines is 1. The first-order valence-electron chi connectivity index (χ1n) is 6.16. The molecule has 0 saturated carbocycles. The maximum absolute atomic E-state index is 11.8. The number of fused-ring (bicyclic) bond motifs is 1. The van der Waals surface area contributed by atoms with Crippen LogP contribution in [-0.4, -0.2) is 9.97 Å². The number of nitrogens with two attached hydrogens (primary N) is 1. The van der Waals surface area contributed by atoms with E-state index in [9.17, 15) is 4.79 Å². The summed E-state index contributed by atoms with van der Waals surface area (Å²) in [6.45, 7) is 0. The Hall–Kier alpha value is -2.10. The molecule has 92 valence electrons. The highest BCUT2D eigenvalue weighted by Gasteiger charge is 2.23. The maximum atomic E-state index is 11.8. The van der Waals surface area contributed by atoms with E-state index < -0.39 is 0 Å². The lowest BCUT2D eigenvalue weighted by atomic mass is 9.83. The lowest BCUT2D eigenvalue weighted by molar-refractivity contribution is 0.567. The molecule has 3 rings (SSSR count). The Labute approximate surface area is 105 Å². The van der Waals surface area contributed by atoms with Crippen molar-refractivity contribution in [1.29, 1.82) is 0 Å². The standard InChI is InChI=1S/C14H15N3O/c15-14-16-12-8-10(9-4-2-1-3-5-9)6-7-11(12)13(18)17-14/h1-5,10H,6-8H2,(H3,15,16,17,18). The van der Waals surface area contributed by atoms with Gasteiger partial charge in [-0.05, 0) is 30.7 Å². The van der Waals surface area contributed by atoms with E-state index in [0.717, 1.165) is 30.5 Å². The van der Waals surface area contributed by atoms with Gasteiger partial charge in [-0.2, -0.15) is 0 Å². The van der Waals surface area contributed by atoms with Crippen molar-refractivity contribution in [2.75, 3.05) is 5.73 Å². The molecule has 1 unspecified atom stereocenters. The van der Waals surface area contributed by atoms with Crippen molar-refractivity contribution in [1.82, 2.24) is 9.97 Å². The SMILES string of the molecule is Nc1nc2c(c(=O)[nH]1)CCC(c1ccccc1)C2. The van der Waals surface area contributed by atoms with Gasteiger partial charge in [0.15, 0.2) is 0 Å². The van der Waals surface area contributed by atoms with E-state index in [2.05, 4.69) is 22.1 Å². The fourth-order valence-electron chi connectivity index (χ4n) is 2.65. The summed E-state index contributed by atoms with van der Waals surface area (Å²) in [4.78, 5) is 18.6. The van der Waals surface area contributed by atoms with Gasteiger partial charge in [-0.15, -0.1) is 0 Å². The molecule has 1 aromatic heterocycles. The summed E-state index contributed by atoms with van der Waals surface area (Å²) in [5.74, 6) is 0.653. The first kappa shape index (κ1) is 11.0. The van der Waals surface area contributed by atoms with Gasteiger partial charge in [0.25, 0.3) is 5.56 Å². The quantitative estimate of drug-likeness (QED) is 0.797. The molecule has 18 heavy (non-hydrogen) atoms. The van der Waals surface area contributed by atoms with Gasteiger partial charge in [-0.1, -0.05) is 30.3 Å². The van der Waals surface area contributed by atoms with Crippen LogP contribution in [0, 0.1) is 0 Å². The van der Waals surface area contributed by atoms with Gasteiger partial charge in [-0.3, -0.25) is 9.78 Å². The molecule has 0 fully saturated rings. The second-order valence-electron chi connectivity index (χ2n) is 4.73.